The molecule has 1 atom stereocenters. The Hall–Kier alpha value is -3.77. The van der Waals surface area contributed by atoms with Crippen LogP contribution in [0.5, 0.6) is 0 Å². The van der Waals surface area contributed by atoms with E-state index in [1.165, 1.54) is 16.7 Å². The molecule has 0 bridgehead atoms. The summed E-state index contributed by atoms with van der Waals surface area (Å²) >= 11 is 5.87. The van der Waals surface area contributed by atoms with Crippen LogP contribution in [0.15, 0.2) is 77.0 Å². The first-order valence-electron chi connectivity index (χ1n) is 11.7. The Kier molecular flexibility index (Phi) is 5.99. The monoisotopic (exact) mass is 480 g/mol. The molecule has 1 N–H and O–H groups in total. The van der Waals surface area contributed by atoms with Crippen molar-refractivity contribution in [2.45, 2.75) is 40.7 Å². The van der Waals surface area contributed by atoms with Crippen molar-refractivity contribution in [2.24, 2.45) is 0 Å². The fraction of sp³-hybridized carbons (Fsp3) is 0.207. The Morgan fingerprint density at radius 2 is 1.63 bits per heavy atom. The van der Waals surface area contributed by atoms with Crippen LogP contribution in [0, 0.1) is 27.7 Å². The molecule has 2 heterocycles. The van der Waals surface area contributed by atoms with Crippen molar-refractivity contribution in [3.63, 3.8) is 0 Å². The van der Waals surface area contributed by atoms with Gasteiger partial charge in [0, 0.05) is 16.9 Å². The second kappa shape index (κ2) is 9.12. The zero-order chi connectivity index (χ0) is 24.7. The standard InChI is InChI=1S/C29H28N4OS/c1-17-9-13-24(14-10-17)33-21(5)25(26(30-29(33)35)22-12-11-19(3)20(4)16-22)28-31-27(32-34-28)23-8-6-7-18(2)15-23/h6-16,26H,1-5H3,(H,30,35). The number of benzene rings is 3. The number of nitrogens with zero attached hydrogens (tertiary/aromatic N) is 3. The third-order valence-electron chi connectivity index (χ3n) is 6.57. The maximum Gasteiger partial charge on any atom is 0.258 e. The van der Waals surface area contributed by atoms with E-state index in [1.54, 1.807) is 0 Å². The molecule has 6 heteroatoms. The summed E-state index contributed by atoms with van der Waals surface area (Å²) in [5, 5.41) is 8.51. The lowest BCUT2D eigenvalue weighted by atomic mass is 9.92. The zero-order valence-electron chi connectivity index (χ0n) is 20.6. The van der Waals surface area contributed by atoms with Crippen molar-refractivity contribution in [3.05, 3.63) is 106 Å². The number of allylic oxidation sites excluding steroid dienone is 1. The topological polar surface area (TPSA) is 54.2 Å². The molecule has 1 unspecified atom stereocenters. The molecule has 35 heavy (non-hydrogen) atoms. The molecule has 1 aliphatic rings. The molecule has 0 aliphatic carbocycles. The predicted molar refractivity (Wildman–Crippen MR) is 145 cm³/mol. The van der Waals surface area contributed by atoms with Gasteiger partial charge in [-0.1, -0.05) is 64.8 Å². The molecule has 0 saturated heterocycles. The third-order valence-corrected chi connectivity index (χ3v) is 6.87. The first-order chi connectivity index (χ1) is 16.8. The highest BCUT2D eigenvalue weighted by Gasteiger charge is 2.35. The van der Waals surface area contributed by atoms with Crippen molar-refractivity contribution < 1.29 is 4.52 Å². The summed E-state index contributed by atoms with van der Waals surface area (Å²) in [6.45, 7) is 10.4. The number of thiocarbonyl (C=S) groups is 1. The molecule has 0 radical (unpaired) electrons. The molecule has 3 aromatic carbocycles. The zero-order valence-corrected chi connectivity index (χ0v) is 21.4. The van der Waals surface area contributed by atoms with Crippen molar-refractivity contribution >= 4 is 28.6 Å². The fourth-order valence-corrected chi connectivity index (χ4v) is 4.81. The van der Waals surface area contributed by atoms with Crippen LogP contribution in [-0.4, -0.2) is 15.3 Å². The molecule has 5 nitrogen and oxygen atoms in total. The van der Waals surface area contributed by atoms with Gasteiger partial charge in [0.25, 0.3) is 5.89 Å². The maximum atomic E-state index is 5.88. The Labute approximate surface area is 211 Å². The molecule has 176 valence electrons. The van der Waals surface area contributed by atoms with Gasteiger partial charge in [-0.05, 0) is 81.7 Å². The number of nitrogens with one attached hydrogen (secondary N) is 1. The second-order valence-electron chi connectivity index (χ2n) is 9.19. The minimum atomic E-state index is -0.214. The molecule has 4 aromatic rings. The van der Waals surface area contributed by atoms with Gasteiger partial charge in [0.1, 0.15) is 0 Å². The van der Waals surface area contributed by atoms with E-state index in [0.717, 1.165) is 33.6 Å². The van der Waals surface area contributed by atoms with Crippen LogP contribution in [0.3, 0.4) is 0 Å². The van der Waals surface area contributed by atoms with Crippen LogP contribution in [0.25, 0.3) is 17.0 Å². The van der Waals surface area contributed by atoms with Crippen LogP contribution < -0.4 is 10.2 Å². The fourth-order valence-electron chi connectivity index (χ4n) is 4.45. The number of hydrogen-bond acceptors (Lipinski definition) is 4. The van der Waals surface area contributed by atoms with Crippen molar-refractivity contribution in [1.82, 2.24) is 15.5 Å². The Morgan fingerprint density at radius 1 is 0.857 bits per heavy atom. The van der Waals surface area contributed by atoms with Crippen LogP contribution in [0.1, 0.15) is 46.7 Å². The normalized spacial score (nSPS) is 16.0. The minimum Gasteiger partial charge on any atom is -0.351 e. The first kappa shape index (κ1) is 23.0. The Bertz CT molecular complexity index is 1450. The lowest BCUT2D eigenvalue weighted by Gasteiger charge is -2.37. The first-order valence-corrected chi connectivity index (χ1v) is 12.1. The summed E-state index contributed by atoms with van der Waals surface area (Å²) in [6.07, 6.45) is 0. The lowest BCUT2D eigenvalue weighted by Crippen LogP contribution is -2.46. The summed E-state index contributed by atoms with van der Waals surface area (Å²) in [7, 11) is 0. The number of rotatable bonds is 4. The van der Waals surface area contributed by atoms with E-state index in [9.17, 15) is 0 Å². The lowest BCUT2D eigenvalue weighted by molar-refractivity contribution is 0.404. The van der Waals surface area contributed by atoms with E-state index in [4.69, 9.17) is 21.7 Å². The molecule has 0 amide bonds. The van der Waals surface area contributed by atoms with E-state index >= 15 is 0 Å². The summed E-state index contributed by atoms with van der Waals surface area (Å²) < 4.78 is 5.88. The third kappa shape index (κ3) is 4.37. The number of aryl methyl sites for hydroxylation is 4. The number of hydrogen-bond donors (Lipinski definition) is 1. The SMILES string of the molecule is CC1=C(c2nc(-c3cccc(C)c3)no2)C(c2ccc(C)c(C)c2)NC(=S)N1c1ccc(C)cc1. The van der Waals surface area contributed by atoms with Gasteiger partial charge in [0.2, 0.25) is 5.82 Å². The molecule has 1 aliphatic heterocycles. The number of aromatic nitrogens is 2. The minimum absolute atomic E-state index is 0.214. The molecule has 0 saturated carbocycles. The largest absolute Gasteiger partial charge is 0.351 e. The van der Waals surface area contributed by atoms with Crippen molar-refractivity contribution in [2.75, 3.05) is 4.90 Å². The Morgan fingerprint density at radius 3 is 2.34 bits per heavy atom. The van der Waals surface area contributed by atoms with E-state index in [-0.39, 0.29) is 6.04 Å². The van der Waals surface area contributed by atoms with Gasteiger partial charge in [-0.3, -0.25) is 4.90 Å². The molecular formula is C29H28N4OS. The summed E-state index contributed by atoms with van der Waals surface area (Å²) in [6, 6.07) is 22.7. The van der Waals surface area contributed by atoms with E-state index in [1.807, 2.05) is 17.0 Å². The smallest absolute Gasteiger partial charge is 0.258 e. The molecule has 0 spiro atoms. The molecular weight excluding hydrogens is 452 g/mol. The number of anilines is 1. The average molecular weight is 481 g/mol. The molecule has 1 aromatic heterocycles. The molecule has 0 fully saturated rings. The summed E-state index contributed by atoms with van der Waals surface area (Å²) in [5.74, 6) is 1.05. The second-order valence-corrected chi connectivity index (χ2v) is 9.58. The van der Waals surface area contributed by atoms with E-state index in [2.05, 4.69) is 99.7 Å². The van der Waals surface area contributed by atoms with Gasteiger partial charge >= 0.3 is 0 Å². The maximum absolute atomic E-state index is 5.88. The van der Waals surface area contributed by atoms with Crippen molar-refractivity contribution in [1.29, 1.82) is 0 Å². The van der Waals surface area contributed by atoms with Crippen LogP contribution in [0.4, 0.5) is 5.69 Å². The van der Waals surface area contributed by atoms with Gasteiger partial charge in [-0.15, -0.1) is 0 Å². The van der Waals surface area contributed by atoms with Crippen LogP contribution in [0.2, 0.25) is 0 Å². The van der Waals surface area contributed by atoms with Crippen LogP contribution in [-0.2, 0) is 0 Å². The predicted octanol–water partition coefficient (Wildman–Crippen LogP) is 6.84. The summed E-state index contributed by atoms with van der Waals surface area (Å²) in [4.78, 5) is 6.87. The highest BCUT2D eigenvalue weighted by molar-refractivity contribution is 7.80. The highest BCUT2D eigenvalue weighted by atomic mass is 32.1. The van der Waals surface area contributed by atoms with Gasteiger partial charge in [-0.25, -0.2) is 0 Å². The van der Waals surface area contributed by atoms with Crippen LogP contribution >= 0.6 is 12.2 Å². The van der Waals surface area contributed by atoms with Gasteiger partial charge in [-0.2, -0.15) is 4.98 Å². The quantitative estimate of drug-likeness (QED) is 0.323. The highest BCUT2D eigenvalue weighted by Crippen LogP contribution is 2.39. The van der Waals surface area contributed by atoms with E-state index < -0.39 is 0 Å². The van der Waals surface area contributed by atoms with Gasteiger partial charge in [0.05, 0.1) is 11.6 Å². The average Bonchev–Trinajstić information content (AvgIpc) is 3.31. The summed E-state index contributed by atoms with van der Waals surface area (Å²) in [5.41, 5.74) is 9.69. The Balaban J connectivity index is 1.67. The van der Waals surface area contributed by atoms with Crippen molar-refractivity contribution in [3.8, 4) is 11.4 Å². The van der Waals surface area contributed by atoms with Gasteiger partial charge < -0.3 is 9.84 Å². The van der Waals surface area contributed by atoms with E-state index in [0.29, 0.717) is 16.8 Å². The van der Waals surface area contributed by atoms with Gasteiger partial charge in [0.15, 0.2) is 5.11 Å². The molecule has 5 rings (SSSR count).